The zero-order valence-electron chi connectivity index (χ0n) is 11.7. The average Bonchev–Trinajstić information content (AvgIpc) is 2.54. The molecule has 1 unspecified atom stereocenters. The molecule has 1 aromatic rings. The predicted molar refractivity (Wildman–Crippen MR) is 70.3 cm³/mol. The zero-order valence-corrected chi connectivity index (χ0v) is 11.7. The Kier molecular flexibility index (Phi) is 5.34. The summed E-state index contributed by atoms with van der Waals surface area (Å²) < 4.78 is 1.80. The van der Waals surface area contributed by atoms with Gasteiger partial charge in [0.1, 0.15) is 0 Å². The SMILES string of the molecule is Cc1nn(C)c(C)c1CC(=O)NCC(C)CCO. The van der Waals surface area contributed by atoms with Crippen LogP contribution in [0.15, 0.2) is 0 Å². The zero-order chi connectivity index (χ0) is 13.7. The number of aromatic nitrogens is 2. The maximum atomic E-state index is 11.8. The summed E-state index contributed by atoms with van der Waals surface area (Å²) in [5, 5.41) is 16.0. The van der Waals surface area contributed by atoms with Crippen LogP contribution in [-0.2, 0) is 18.3 Å². The van der Waals surface area contributed by atoms with Crippen molar-refractivity contribution in [3.05, 3.63) is 17.0 Å². The van der Waals surface area contributed by atoms with Gasteiger partial charge in [-0.1, -0.05) is 6.92 Å². The second kappa shape index (κ2) is 6.54. The number of aliphatic hydroxyl groups is 1. The first kappa shape index (κ1) is 14.7. The quantitative estimate of drug-likeness (QED) is 0.785. The molecule has 18 heavy (non-hydrogen) atoms. The van der Waals surface area contributed by atoms with E-state index in [1.54, 1.807) is 4.68 Å². The number of nitrogens with zero attached hydrogens (tertiary/aromatic N) is 2. The number of hydrogen-bond acceptors (Lipinski definition) is 3. The fourth-order valence-corrected chi connectivity index (χ4v) is 1.91. The number of rotatable bonds is 6. The Labute approximate surface area is 108 Å². The number of hydrogen-bond donors (Lipinski definition) is 2. The van der Waals surface area contributed by atoms with E-state index in [1.807, 2.05) is 27.8 Å². The van der Waals surface area contributed by atoms with Gasteiger partial charge in [-0.15, -0.1) is 0 Å². The molecule has 2 N–H and O–H groups in total. The van der Waals surface area contributed by atoms with Gasteiger partial charge in [-0.3, -0.25) is 9.48 Å². The van der Waals surface area contributed by atoms with Crippen LogP contribution in [0.5, 0.6) is 0 Å². The molecule has 0 aliphatic carbocycles. The maximum Gasteiger partial charge on any atom is 0.224 e. The third-order valence-electron chi connectivity index (χ3n) is 3.27. The summed E-state index contributed by atoms with van der Waals surface area (Å²) in [7, 11) is 1.88. The van der Waals surface area contributed by atoms with E-state index in [-0.39, 0.29) is 12.5 Å². The van der Waals surface area contributed by atoms with Crippen LogP contribution in [0.2, 0.25) is 0 Å². The van der Waals surface area contributed by atoms with Gasteiger partial charge in [-0.2, -0.15) is 5.10 Å². The molecule has 0 saturated carbocycles. The van der Waals surface area contributed by atoms with Gasteiger partial charge in [0, 0.05) is 31.5 Å². The second-order valence-electron chi connectivity index (χ2n) is 4.87. The Balaban J connectivity index is 2.50. The molecule has 0 bridgehead atoms. The second-order valence-corrected chi connectivity index (χ2v) is 4.87. The minimum atomic E-state index is 0.0130. The molecule has 1 aromatic heterocycles. The summed E-state index contributed by atoms with van der Waals surface area (Å²) in [6.45, 7) is 6.67. The number of aryl methyl sites for hydroxylation is 2. The molecule has 0 radical (unpaired) electrons. The van der Waals surface area contributed by atoms with Crippen LogP contribution in [0.1, 0.15) is 30.3 Å². The average molecular weight is 253 g/mol. The highest BCUT2D eigenvalue weighted by molar-refractivity contribution is 5.79. The van der Waals surface area contributed by atoms with Crippen LogP contribution in [0.25, 0.3) is 0 Å². The molecule has 0 fully saturated rings. The van der Waals surface area contributed by atoms with Gasteiger partial charge in [0.15, 0.2) is 0 Å². The van der Waals surface area contributed by atoms with E-state index in [0.29, 0.717) is 25.3 Å². The molecule has 0 aliphatic rings. The Morgan fingerprint density at radius 2 is 2.17 bits per heavy atom. The molecule has 1 atom stereocenters. The van der Waals surface area contributed by atoms with Crippen molar-refractivity contribution in [3.63, 3.8) is 0 Å². The standard InChI is InChI=1S/C13H23N3O2/c1-9(5-6-17)8-14-13(18)7-12-10(2)15-16(4)11(12)3/h9,17H,5-8H2,1-4H3,(H,14,18). The fourth-order valence-electron chi connectivity index (χ4n) is 1.91. The summed E-state index contributed by atoms with van der Waals surface area (Å²) in [6.07, 6.45) is 1.09. The van der Waals surface area contributed by atoms with Gasteiger partial charge < -0.3 is 10.4 Å². The molecular weight excluding hydrogens is 230 g/mol. The van der Waals surface area contributed by atoms with E-state index in [9.17, 15) is 4.79 Å². The van der Waals surface area contributed by atoms with Crippen LogP contribution in [-0.4, -0.2) is 33.9 Å². The smallest absolute Gasteiger partial charge is 0.224 e. The Morgan fingerprint density at radius 3 is 2.67 bits per heavy atom. The lowest BCUT2D eigenvalue weighted by atomic mass is 10.1. The van der Waals surface area contributed by atoms with E-state index in [0.717, 1.165) is 17.0 Å². The molecular formula is C13H23N3O2. The lowest BCUT2D eigenvalue weighted by Gasteiger charge is -2.11. The third-order valence-corrected chi connectivity index (χ3v) is 3.27. The first-order chi connectivity index (χ1) is 8.45. The van der Waals surface area contributed by atoms with Crippen molar-refractivity contribution in [1.29, 1.82) is 0 Å². The van der Waals surface area contributed by atoms with Gasteiger partial charge in [-0.05, 0) is 26.2 Å². The van der Waals surface area contributed by atoms with Crippen LogP contribution in [0, 0.1) is 19.8 Å². The number of aliphatic hydroxyl groups excluding tert-OH is 1. The van der Waals surface area contributed by atoms with Crippen molar-refractivity contribution >= 4 is 5.91 Å². The molecule has 0 aromatic carbocycles. The number of nitrogens with one attached hydrogen (secondary N) is 1. The summed E-state index contributed by atoms with van der Waals surface area (Å²) in [5.74, 6) is 0.314. The molecule has 0 spiro atoms. The van der Waals surface area contributed by atoms with Crippen LogP contribution >= 0.6 is 0 Å². The molecule has 1 rings (SSSR count). The highest BCUT2D eigenvalue weighted by atomic mass is 16.3. The third kappa shape index (κ3) is 3.84. The van der Waals surface area contributed by atoms with E-state index in [4.69, 9.17) is 5.11 Å². The van der Waals surface area contributed by atoms with Gasteiger partial charge in [-0.25, -0.2) is 0 Å². The van der Waals surface area contributed by atoms with Crippen molar-refractivity contribution in [1.82, 2.24) is 15.1 Å². The first-order valence-electron chi connectivity index (χ1n) is 6.32. The normalized spacial score (nSPS) is 12.5. The molecule has 0 saturated heterocycles. The van der Waals surface area contributed by atoms with Gasteiger partial charge >= 0.3 is 0 Å². The molecule has 1 heterocycles. The molecule has 0 aliphatic heterocycles. The van der Waals surface area contributed by atoms with Crippen molar-refractivity contribution in [3.8, 4) is 0 Å². The van der Waals surface area contributed by atoms with E-state index in [2.05, 4.69) is 10.4 Å². The Hall–Kier alpha value is -1.36. The van der Waals surface area contributed by atoms with Crippen LogP contribution in [0.3, 0.4) is 0 Å². The Bertz CT molecular complexity index is 413. The summed E-state index contributed by atoms with van der Waals surface area (Å²) in [4.78, 5) is 11.8. The van der Waals surface area contributed by atoms with Crippen LogP contribution < -0.4 is 5.32 Å². The van der Waals surface area contributed by atoms with Gasteiger partial charge in [0.05, 0.1) is 12.1 Å². The first-order valence-corrected chi connectivity index (χ1v) is 6.32. The maximum absolute atomic E-state index is 11.8. The van der Waals surface area contributed by atoms with Crippen molar-refractivity contribution < 1.29 is 9.90 Å². The molecule has 102 valence electrons. The Morgan fingerprint density at radius 1 is 1.50 bits per heavy atom. The number of carbonyl (C=O) groups is 1. The minimum Gasteiger partial charge on any atom is -0.396 e. The van der Waals surface area contributed by atoms with E-state index < -0.39 is 0 Å². The van der Waals surface area contributed by atoms with Crippen LogP contribution in [0.4, 0.5) is 0 Å². The van der Waals surface area contributed by atoms with Crippen molar-refractivity contribution in [2.75, 3.05) is 13.2 Å². The fraction of sp³-hybridized carbons (Fsp3) is 0.692. The predicted octanol–water partition coefficient (Wildman–Crippen LogP) is 0.714. The number of carbonyl (C=O) groups excluding carboxylic acids is 1. The lowest BCUT2D eigenvalue weighted by Crippen LogP contribution is -2.30. The lowest BCUT2D eigenvalue weighted by molar-refractivity contribution is -0.120. The largest absolute Gasteiger partial charge is 0.396 e. The van der Waals surface area contributed by atoms with Crippen molar-refractivity contribution in [2.24, 2.45) is 13.0 Å². The number of amides is 1. The van der Waals surface area contributed by atoms with Crippen molar-refractivity contribution in [2.45, 2.75) is 33.6 Å². The highest BCUT2D eigenvalue weighted by Crippen LogP contribution is 2.12. The molecule has 1 amide bonds. The topological polar surface area (TPSA) is 67.2 Å². The summed E-state index contributed by atoms with van der Waals surface area (Å²) in [6, 6.07) is 0. The minimum absolute atomic E-state index is 0.0130. The van der Waals surface area contributed by atoms with Gasteiger partial charge in [0.2, 0.25) is 5.91 Å². The molecule has 5 nitrogen and oxygen atoms in total. The molecule has 5 heteroatoms. The monoisotopic (exact) mass is 253 g/mol. The summed E-state index contributed by atoms with van der Waals surface area (Å²) >= 11 is 0. The van der Waals surface area contributed by atoms with E-state index in [1.165, 1.54) is 0 Å². The summed E-state index contributed by atoms with van der Waals surface area (Å²) in [5.41, 5.74) is 2.95. The van der Waals surface area contributed by atoms with E-state index >= 15 is 0 Å². The highest BCUT2D eigenvalue weighted by Gasteiger charge is 2.13. The van der Waals surface area contributed by atoms with Gasteiger partial charge in [0.25, 0.3) is 0 Å².